The first kappa shape index (κ1) is 25.4. The van der Waals surface area contributed by atoms with Crippen LogP contribution in [0, 0.1) is 18.7 Å². The van der Waals surface area contributed by atoms with Crippen molar-refractivity contribution in [2.75, 3.05) is 31.1 Å². The minimum atomic E-state index is -0.318. The number of benzene rings is 2. The zero-order chi connectivity index (χ0) is 25.8. The maximum absolute atomic E-state index is 14.5. The van der Waals surface area contributed by atoms with Crippen molar-refractivity contribution in [1.82, 2.24) is 15.2 Å². The van der Waals surface area contributed by atoms with Crippen LogP contribution in [0.1, 0.15) is 54.1 Å². The molecular formula is C31H37FN4O. The van der Waals surface area contributed by atoms with Crippen LogP contribution in [0.15, 0.2) is 60.8 Å². The zero-order valence-corrected chi connectivity index (χ0v) is 21.9. The second kappa shape index (κ2) is 11.4. The van der Waals surface area contributed by atoms with Crippen LogP contribution < -0.4 is 10.2 Å². The number of anilines is 1. The van der Waals surface area contributed by atoms with Crippen LogP contribution in [0.2, 0.25) is 0 Å². The van der Waals surface area contributed by atoms with E-state index in [2.05, 4.69) is 34.2 Å². The molecule has 0 radical (unpaired) electrons. The largest absolute Gasteiger partial charge is 0.357 e. The van der Waals surface area contributed by atoms with Crippen LogP contribution in [0.5, 0.6) is 0 Å². The number of piperidine rings is 2. The van der Waals surface area contributed by atoms with Crippen molar-refractivity contribution in [2.24, 2.45) is 5.92 Å². The summed E-state index contributed by atoms with van der Waals surface area (Å²) in [5, 5.41) is 3.17. The van der Waals surface area contributed by atoms with Crippen LogP contribution in [0.3, 0.4) is 0 Å². The summed E-state index contributed by atoms with van der Waals surface area (Å²) in [6.07, 6.45) is 6.29. The highest BCUT2D eigenvalue weighted by molar-refractivity contribution is 5.95. The number of nitrogens with zero attached hydrogens (tertiary/aromatic N) is 3. The molecule has 2 aliphatic heterocycles. The maximum atomic E-state index is 14.5. The van der Waals surface area contributed by atoms with Gasteiger partial charge in [-0.2, -0.15) is 0 Å². The van der Waals surface area contributed by atoms with Crippen molar-refractivity contribution in [3.8, 4) is 11.1 Å². The quantitative estimate of drug-likeness (QED) is 0.463. The van der Waals surface area contributed by atoms with Crippen molar-refractivity contribution in [3.63, 3.8) is 0 Å². The summed E-state index contributed by atoms with van der Waals surface area (Å²) in [6, 6.07) is 16.8. The SMILES string of the molecule is Cc1ccc(-c2cc(C(=O)NC3CCN(Cc4ccc(N5CCC(C)CC5)nc4)CC3)ccc2F)cc1. The molecule has 6 heteroatoms. The number of aryl methyl sites for hydroxylation is 1. The first-order chi connectivity index (χ1) is 17.9. The molecule has 0 spiro atoms. The van der Waals surface area contributed by atoms with Gasteiger partial charge in [0.25, 0.3) is 5.91 Å². The van der Waals surface area contributed by atoms with Gasteiger partial charge in [0, 0.05) is 56.1 Å². The van der Waals surface area contributed by atoms with Crippen LogP contribution >= 0.6 is 0 Å². The highest BCUT2D eigenvalue weighted by atomic mass is 19.1. The molecule has 3 aromatic rings. The van der Waals surface area contributed by atoms with Crippen molar-refractivity contribution >= 4 is 11.7 Å². The van der Waals surface area contributed by atoms with E-state index in [9.17, 15) is 9.18 Å². The Kier molecular flexibility index (Phi) is 7.85. The Balaban J connectivity index is 1.12. The summed E-state index contributed by atoms with van der Waals surface area (Å²) in [7, 11) is 0. The predicted molar refractivity (Wildman–Crippen MR) is 147 cm³/mol. The van der Waals surface area contributed by atoms with Crippen molar-refractivity contribution in [2.45, 2.75) is 52.1 Å². The van der Waals surface area contributed by atoms with Crippen LogP contribution in [0.4, 0.5) is 10.2 Å². The fraction of sp³-hybridized carbons (Fsp3) is 0.419. The Morgan fingerprint density at radius 1 is 0.973 bits per heavy atom. The van der Waals surface area contributed by atoms with Crippen LogP contribution in [0.25, 0.3) is 11.1 Å². The summed E-state index contributed by atoms with van der Waals surface area (Å²) in [6.45, 7) is 9.24. The molecule has 0 unspecified atom stereocenters. The molecule has 2 saturated heterocycles. The van der Waals surface area contributed by atoms with E-state index in [0.717, 1.165) is 68.4 Å². The highest BCUT2D eigenvalue weighted by Gasteiger charge is 2.22. The monoisotopic (exact) mass is 500 g/mol. The number of rotatable bonds is 6. The number of likely N-dealkylation sites (tertiary alicyclic amines) is 1. The van der Waals surface area contributed by atoms with E-state index in [1.54, 1.807) is 12.1 Å². The van der Waals surface area contributed by atoms with Gasteiger partial charge in [-0.15, -0.1) is 0 Å². The Morgan fingerprint density at radius 2 is 1.70 bits per heavy atom. The third-order valence-corrected chi connectivity index (χ3v) is 7.84. The Labute approximate surface area is 219 Å². The Bertz CT molecular complexity index is 1190. The lowest BCUT2D eigenvalue weighted by Crippen LogP contribution is -2.44. The van der Waals surface area contributed by atoms with Gasteiger partial charge in [0.2, 0.25) is 0 Å². The highest BCUT2D eigenvalue weighted by Crippen LogP contribution is 2.25. The van der Waals surface area contributed by atoms with Gasteiger partial charge < -0.3 is 10.2 Å². The second-order valence-corrected chi connectivity index (χ2v) is 10.8. The number of halogens is 1. The molecule has 0 aliphatic carbocycles. The summed E-state index contributed by atoms with van der Waals surface area (Å²) in [5.41, 5.74) is 4.07. The lowest BCUT2D eigenvalue weighted by atomic mass is 9.99. The maximum Gasteiger partial charge on any atom is 0.251 e. The molecule has 2 aromatic carbocycles. The minimum absolute atomic E-state index is 0.124. The topological polar surface area (TPSA) is 48.5 Å². The number of carbonyl (C=O) groups excluding carboxylic acids is 1. The molecule has 1 amide bonds. The number of aromatic nitrogens is 1. The smallest absolute Gasteiger partial charge is 0.251 e. The van der Waals surface area contributed by atoms with Crippen molar-refractivity contribution in [3.05, 3.63) is 83.3 Å². The number of pyridine rings is 1. The van der Waals surface area contributed by atoms with E-state index in [0.29, 0.717) is 11.1 Å². The molecular weight excluding hydrogens is 463 g/mol. The van der Waals surface area contributed by atoms with E-state index in [-0.39, 0.29) is 17.8 Å². The molecule has 2 fully saturated rings. The number of nitrogens with one attached hydrogen (secondary N) is 1. The molecule has 0 bridgehead atoms. The predicted octanol–water partition coefficient (Wildman–Crippen LogP) is 5.83. The van der Waals surface area contributed by atoms with Gasteiger partial charge in [0.15, 0.2) is 0 Å². The molecule has 3 heterocycles. The molecule has 194 valence electrons. The molecule has 5 rings (SSSR count). The molecule has 1 aromatic heterocycles. The van der Waals surface area contributed by atoms with Gasteiger partial charge >= 0.3 is 0 Å². The average Bonchev–Trinajstić information content (AvgIpc) is 2.91. The Morgan fingerprint density at radius 3 is 2.38 bits per heavy atom. The summed E-state index contributed by atoms with van der Waals surface area (Å²) < 4.78 is 14.5. The number of hydrogen-bond acceptors (Lipinski definition) is 4. The van der Waals surface area contributed by atoms with Crippen molar-refractivity contribution < 1.29 is 9.18 Å². The van der Waals surface area contributed by atoms with Gasteiger partial charge in [-0.3, -0.25) is 9.69 Å². The van der Waals surface area contributed by atoms with E-state index in [4.69, 9.17) is 4.98 Å². The molecule has 2 aliphatic rings. The van der Waals surface area contributed by atoms with Crippen LogP contribution in [-0.4, -0.2) is 48.0 Å². The third kappa shape index (κ3) is 6.37. The average molecular weight is 501 g/mol. The lowest BCUT2D eigenvalue weighted by molar-refractivity contribution is 0.0909. The van der Waals surface area contributed by atoms with E-state index in [1.165, 1.54) is 24.5 Å². The first-order valence-corrected chi connectivity index (χ1v) is 13.5. The van der Waals surface area contributed by atoms with Gasteiger partial charge in [-0.25, -0.2) is 9.37 Å². The first-order valence-electron chi connectivity index (χ1n) is 13.5. The van der Waals surface area contributed by atoms with Gasteiger partial charge in [0.05, 0.1) is 0 Å². The van der Waals surface area contributed by atoms with Gasteiger partial charge in [0.1, 0.15) is 11.6 Å². The molecule has 5 nitrogen and oxygen atoms in total. The third-order valence-electron chi connectivity index (χ3n) is 7.84. The zero-order valence-electron chi connectivity index (χ0n) is 21.9. The van der Waals surface area contributed by atoms with Crippen molar-refractivity contribution in [1.29, 1.82) is 0 Å². The summed E-state index contributed by atoms with van der Waals surface area (Å²) in [5.74, 6) is 1.44. The van der Waals surface area contributed by atoms with Crippen LogP contribution in [-0.2, 0) is 6.54 Å². The van der Waals surface area contributed by atoms with E-state index < -0.39 is 0 Å². The van der Waals surface area contributed by atoms with Gasteiger partial charge in [-0.1, -0.05) is 42.8 Å². The molecule has 37 heavy (non-hydrogen) atoms. The fourth-order valence-corrected chi connectivity index (χ4v) is 5.32. The van der Waals surface area contributed by atoms with E-state index in [1.807, 2.05) is 37.4 Å². The van der Waals surface area contributed by atoms with Gasteiger partial charge in [-0.05, 0) is 73.9 Å². The Hall–Kier alpha value is -3.25. The minimum Gasteiger partial charge on any atom is -0.357 e. The second-order valence-electron chi connectivity index (χ2n) is 10.8. The standard InChI is InChI=1S/C31H37FN4O/c1-22-3-6-25(7-4-22)28-19-26(8-9-29(28)32)31(37)34-27-13-15-35(16-14-27)21-24-5-10-30(33-20-24)36-17-11-23(2)12-18-36/h3-10,19-20,23,27H,11-18,21H2,1-2H3,(H,34,37). The molecule has 1 N–H and O–H groups in total. The normalized spacial score (nSPS) is 17.6. The summed E-state index contributed by atoms with van der Waals surface area (Å²) >= 11 is 0. The molecule has 0 saturated carbocycles. The number of amides is 1. The summed E-state index contributed by atoms with van der Waals surface area (Å²) in [4.78, 5) is 22.5. The number of hydrogen-bond donors (Lipinski definition) is 1. The van der Waals surface area contributed by atoms with E-state index >= 15 is 0 Å². The fourth-order valence-electron chi connectivity index (χ4n) is 5.32. The molecule has 0 atom stereocenters. The number of carbonyl (C=O) groups is 1. The lowest BCUT2D eigenvalue weighted by Gasteiger charge is -2.33.